The second-order valence-electron chi connectivity index (χ2n) is 3.85. The topological polar surface area (TPSA) is 41.5 Å². The van der Waals surface area contributed by atoms with Crippen molar-refractivity contribution in [1.82, 2.24) is 0 Å². The van der Waals surface area contributed by atoms with Crippen LogP contribution in [0.2, 0.25) is 0 Å². The van der Waals surface area contributed by atoms with E-state index in [1.807, 2.05) is 19.1 Å². The summed E-state index contributed by atoms with van der Waals surface area (Å²) in [4.78, 5) is 0. The first-order valence-corrected chi connectivity index (χ1v) is 6.74. The summed E-state index contributed by atoms with van der Waals surface area (Å²) in [7, 11) is 0. The molecule has 17 heavy (non-hydrogen) atoms. The molecule has 0 aliphatic heterocycles. The van der Waals surface area contributed by atoms with E-state index in [4.69, 9.17) is 4.74 Å². The average molecular weight is 302 g/mol. The van der Waals surface area contributed by atoms with E-state index in [0.29, 0.717) is 19.8 Å². The van der Waals surface area contributed by atoms with Gasteiger partial charge in [-0.25, -0.2) is 0 Å². The Morgan fingerprint density at radius 3 is 2.82 bits per heavy atom. The molecule has 0 fully saturated rings. The third kappa shape index (κ3) is 5.06. The van der Waals surface area contributed by atoms with Crippen molar-refractivity contribution in [3.8, 4) is 0 Å². The van der Waals surface area contributed by atoms with Crippen molar-refractivity contribution in [2.75, 3.05) is 25.1 Å². The van der Waals surface area contributed by atoms with Gasteiger partial charge in [-0.05, 0) is 37.1 Å². The second-order valence-corrected chi connectivity index (χ2v) is 4.76. The second kappa shape index (κ2) is 7.69. The fraction of sp³-hybridized carbons (Fsp3) is 0.538. The minimum atomic E-state index is -0.469. The number of halogens is 1. The number of nitrogens with one attached hydrogen (secondary N) is 1. The van der Waals surface area contributed by atoms with Crippen LogP contribution in [0, 0.1) is 0 Å². The smallest absolute Gasteiger partial charge is 0.0945 e. The van der Waals surface area contributed by atoms with E-state index < -0.39 is 6.10 Å². The van der Waals surface area contributed by atoms with Gasteiger partial charge in [0, 0.05) is 23.3 Å². The molecule has 0 spiro atoms. The Labute approximate surface area is 111 Å². The molecule has 96 valence electrons. The Morgan fingerprint density at radius 2 is 2.18 bits per heavy atom. The highest BCUT2D eigenvalue weighted by Crippen LogP contribution is 2.21. The lowest BCUT2D eigenvalue weighted by atomic mass is 10.1. The van der Waals surface area contributed by atoms with Crippen LogP contribution in [0.25, 0.3) is 0 Å². The zero-order valence-corrected chi connectivity index (χ0v) is 12.0. The van der Waals surface area contributed by atoms with Gasteiger partial charge in [0.05, 0.1) is 12.7 Å². The lowest BCUT2D eigenvalue weighted by Crippen LogP contribution is -2.25. The Morgan fingerprint density at radius 1 is 1.41 bits per heavy atom. The number of aryl methyl sites for hydroxylation is 1. The molecule has 0 saturated carbocycles. The minimum Gasteiger partial charge on any atom is -0.389 e. The Balaban J connectivity index is 2.50. The van der Waals surface area contributed by atoms with Crippen LogP contribution in [-0.2, 0) is 11.2 Å². The predicted molar refractivity (Wildman–Crippen MR) is 74.5 cm³/mol. The van der Waals surface area contributed by atoms with E-state index in [1.54, 1.807) is 0 Å². The largest absolute Gasteiger partial charge is 0.389 e. The van der Waals surface area contributed by atoms with Crippen molar-refractivity contribution in [1.29, 1.82) is 0 Å². The minimum absolute atomic E-state index is 0.376. The highest BCUT2D eigenvalue weighted by atomic mass is 79.9. The molecule has 0 aliphatic carbocycles. The summed E-state index contributed by atoms with van der Waals surface area (Å²) < 4.78 is 6.24. The zero-order valence-electron chi connectivity index (χ0n) is 10.4. The molecule has 0 aliphatic rings. The van der Waals surface area contributed by atoms with Gasteiger partial charge in [0.25, 0.3) is 0 Å². The molecular formula is C13H20BrNO2. The Kier molecular flexibility index (Phi) is 6.55. The fourth-order valence-corrected chi connectivity index (χ4v) is 1.98. The summed E-state index contributed by atoms with van der Waals surface area (Å²) in [5.41, 5.74) is 2.31. The molecule has 4 heteroatoms. The van der Waals surface area contributed by atoms with Crippen molar-refractivity contribution < 1.29 is 9.84 Å². The van der Waals surface area contributed by atoms with Gasteiger partial charge in [-0.3, -0.25) is 0 Å². The van der Waals surface area contributed by atoms with Crippen LogP contribution in [-0.4, -0.2) is 31.0 Å². The van der Waals surface area contributed by atoms with Crippen LogP contribution in [0.3, 0.4) is 0 Å². The van der Waals surface area contributed by atoms with Crippen molar-refractivity contribution in [3.63, 3.8) is 0 Å². The number of aliphatic hydroxyl groups excluding tert-OH is 1. The molecule has 2 N–H and O–H groups in total. The zero-order chi connectivity index (χ0) is 12.7. The maximum atomic E-state index is 9.66. The van der Waals surface area contributed by atoms with Gasteiger partial charge in [-0.1, -0.05) is 22.9 Å². The first-order valence-electron chi connectivity index (χ1n) is 5.95. The van der Waals surface area contributed by atoms with E-state index in [2.05, 4.69) is 34.2 Å². The van der Waals surface area contributed by atoms with Crippen LogP contribution >= 0.6 is 15.9 Å². The molecule has 0 heterocycles. The van der Waals surface area contributed by atoms with Gasteiger partial charge in [0.2, 0.25) is 0 Å². The van der Waals surface area contributed by atoms with Crippen LogP contribution in [0.4, 0.5) is 5.69 Å². The molecule has 1 atom stereocenters. The maximum absolute atomic E-state index is 9.66. The number of hydrogen-bond acceptors (Lipinski definition) is 3. The van der Waals surface area contributed by atoms with Crippen molar-refractivity contribution >= 4 is 21.6 Å². The van der Waals surface area contributed by atoms with Crippen molar-refractivity contribution in [3.05, 3.63) is 28.2 Å². The molecule has 3 nitrogen and oxygen atoms in total. The summed E-state index contributed by atoms with van der Waals surface area (Å²) in [5, 5.41) is 12.9. The van der Waals surface area contributed by atoms with Crippen LogP contribution in [0.1, 0.15) is 19.4 Å². The number of anilines is 1. The molecule has 1 aromatic carbocycles. The van der Waals surface area contributed by atoms with E-state index in [1.165, 1.54) is 5.56 Å². The lowest BCUT2D eigenvalue weighted by Gasteiger charge is -2.15. The SMILES string of the molecule is CCOCC(O)CNc1ccc(Br)cc1CC. The van der Waals surface area contributed by atoms with Crippen molar-refractivity contribution in [2.45, 2.75) is 26.4 Å². The molecule has 0 saturated heterocycles. The third-order valence-corrected chi connectivity index (χ3v) is 2.98. The molecule has 0 radical (unpaired) electrons. The number of benzene rings is 1. The number of aliphatic hydroxyl groups is 1. The third-order valence-electron chi connectivity index (χ3n) is 2.49. The first kappa shape index (κ1) is 14.5. The maximum Gasteiger partial charge on any atom is 0.0945 e. The summed E-state index contributed by atoms with van der Waals surface area (Å²) in [6.07, 6.45) is 0.492. The van der Waals surface area contributed by atoms with Crippen LogP contribution < -0.4 is 5.32 Å². The summed E-state index contributed by atoms with van der Waals surface area (Å²) in [6.45, 7) is 5.55. The standard InChI is InChI=1S/C13H20BrNO2/c1-3-10-7-11(14)5-6-13(10)15-8-12(16)9-17-4-2/h5-7,12,15-16H,3-4,8-9H2,1-2H3. The molecule has 0 amide bonds. The molecule has 0 aromatic heterocycles. The van der Waals surface area contributed by atoms with Gasteiger partial charge < -0.3 is 15.2 Å². The van der Waals surface area contributed by atoms with Gasteiger partial charge in [-0.2, -0.15) is 0 Å². The van der Waals surface area contributed by atoms with E-state index >= 15 is 0 Å². The van der Waals surface area contributed by atoms with E-state index in [0.717, 1.165) is 16.6 Å². The molecule has 1 unspecified atom stereocenters. The predicted octanol–water partition coefficient (Wildman–Crippen LogP) is 2.82. The van der Waals surface area contributed by atoms with Gasteiger partial charge in [0.1, 0.15) is 0 Å². The molecule has 0 bridgehead atoms. The monoisotopic (exact) mass is 301 g/mol. The molecule has 1 aromatic rings. The number of hydrogen-bond donors (Lipinski definition) is 2. The Hall–Kier alpha value is -0.580. The average Bonchev–Trinajstić information content (AvgIpc) is 2.34. The highest BCUT2D eigenvalue weighted by Gasteiger charge is 2.06. The van der Waals surface area contributed by atoms with Crippen LogP contribution in [0.15, 0.2) is 22.7 Å². The normalized spacial score (nSPS) is 12.5. The molecule has 1 rings (SSSR count). The summed E-state index contributed by atoms with van der Waals surface area (Å²) in [6, 6.07) is 6.12. The van der Waals surface area contributed by atoms with Gasteiger partial charge in [0.15, 0.2) is 0 Å². The van der Waals surface area contributed by atoms with Crippen LogP contribution in [0.5, 0.6) is 0 Å². The number of rotatable bonds is 7. The fourth-order valence-electron chi connectivity index (χ4n) is 1.57. The van der Waals surface area contributed by atoms with Crippen molar-refractivity contribution in [2.24, 2.45) is 0 Å². The highest BCUT2D eigenvalue weighted by molar-refractivity contribution is 9.10. The summed E-state index contributed by atoms with van der Waals surface area (Å²) in [5.74, 6) is 0. The molecular weight excluding hydrogens is 282 g/mol. The van der Waals surface area contributed by atoms with E-state index in [-0.39, 0.29) is 0 Å². The van der Waals surface area contributed by atoms with Gasteiger partial charge in [-0.15, -0.1) is 0 Å². The summed E-state index contributed by atoms with van der Waals surface area (Å²) >= 11 is 3.45. The Bertz CT molecular complexity index is 344. The van der Waals surface area contributed by atoms with E-state index in [9.17, 15) is 5.11 Å². The quantitative estimate of drug-likeness (QED) is 0.814. The number of ether oxygens (including phenoxy) is 1. The lowest BCUT2D eigenvalue weighted by molar-refractivity contribution is 0.0496. The first-order chi connectivity index (χ1) is 8.17. The van der Waals surface area contributed by atoms with Gasteiger partial charge >= 0.3 is 0 Å².